The van der Waals surface area contributed by atoms with Gasteiger partial charge >= 0.3 is 12.0 Å². The van der Waals surface area contributed by atoms with Gasteiger partial charge in [-0.1, -0.05) is 0 Å². The summed E-state index contributed by atoms with van der Waals surface area (Å²) >= 11 is 1.70. The number of unbranched alkanes of at least 4 members (excludes halogenated alkanes) is 1. The van der Waals surface area contributed by atoms with Crippen LogP contribution in [0.3, 0.4) is 0 Å². The Morgan fingerprint density at radius 2 is 2.05 bits per heavy atom. The van der Waals surface area contributed by atoms with E-state index in [-0.39, 0.29) is 24.8 Å². The molecule has 2 N–H and O–H groups in total. The summed E-state index contributed by atoms with van der Waals surface area (Å²) < 4.78 is 0. The molecule has 0 aromatic carbocycles. The minimum Gasteiger partial charge on any atom is -0.481 e. The number of fused-ring (bicyclic) bond motifs is 1. The van der Waals surface area contributed by atoms with Gasteiger partial charge in [0.25, 0.3) is 0 Å². The van der Waals surface area contributed by atoms with E-state index >= 15 is 0 Å². The Morgan fingerprint density at radius 1 is 1.29 bits per heavy atom. The van der Waals surface area contributed by atoms with Gasteiger partial charge in [0.15, 0.2) is 0 Å². The molecular weight excluding hydrogens is 292 g/mol. The molecule has 6 nitrogen and oxygen atoms in total. The minimum absolute atomic E-state index is 0.0499. The number of nitrogens with one attached hydrogen (secondary N) is 1. The summed E-state index contributed by atoms with van der Waals surface area (Å²) in [4.78, 5) is 36.9. The molecule has 0 atom stereocenters. The molecule has 0 unspecified atom stereocenters. The third-order valence-electron chi connectivity index (χ3n) is 3.39. The number of carboxylic acids is 1. The molecule has 1 aliphatic rings. The van der Waals surface area contributed by atoms with Crippen molar-refractivity contribution in [2.24, 2.45) is 0 Å². The number of carbonyl (C=O) groups is 3. The Bertz CT molecular complexity index is 541. The van der Waals surface area contributed by atoms with Crippen molar-refractivity contribution in [2.75, 3.05) is 6.54 Å². The van der Waals surface area contributed by atoms with Crippen LogP contribution in [0.25, 0.3) is 0 Å². The molecule has 0 saturated carbocycles. The van der Waals surface area contributed by atoms with E-state index in [0.717, 1.165) is 12.0 Å². The second-order valence-corrected chi connectivity index (χ2v) is 6.00. The van der Waals surface area contributed by atoms with Crippen LogP contribution in [0.1, 0.15) is 36.1 Å². The van der Waals surface area contributed by atoms with Crippen molar-refractivity contribution in [3.05, 3.63) is 21.9 Å². The van der Waals surface area contributed by atoms with Crippen molar-refractivity contribution in [2.45, 2.75) is 38.6 Å². The Hall–Kier alpha value is -1.89. The van der Waals surface area contributed by atoms with E-state index in [0.29, 0.717) is 25.9 Å². The topological polar surface area (TPSA) is 86.7 Å². The molecule has 2 rings (SSSR count). The number of carboxylic acid groups (broad SMARTS) is 1. The Morgan fingerprint density at radius 3 is 2.81 bits per heavy atom. The van der Waals surface area contributed by atoms with Crippen LogP contribution in [0.15, 0.2) is 11.4 Å². The van der Waals surface area contributed by atoms with Crippen molar-refractivity contribution in [1.82, 2.24) is 10.2 Å². The first kappa shape index (κ1) is 15.5. The minimum atomic E-state index is -0.869. The molecule has 1 aliphatic heterocycles. The third-order valence-corrected chi connectivity index (χ3v) is 4.41. The van der Waals surface area contributed by atoms with Crippen LogP contribution in [0.5, 0.6) is 0 Å². The van der Waals surface area contributed by atoms with E-state index in [1.54, 1.807) is 16.2 Å². The summed E-state index contributed by atoms with van der Waals surface area (Å²) in [6.45, 7) is 1.16. The normalized spacial score (nSPS) is 13.6. The van der Waals surface area contributed by atoms with E-state index in [1.807, 2.05) is 11.4 Å². The monoisotopic (exact) mass is 310 g/mol. The van der Waals surface area contributed by atoms with Crippen molar-refractivity contribution in [1.29, 1.82) is 0 Å². The molecule has 0 saturated heterocycles. The summed E-state index contributed by atoms with van der Waals surface area (Å²) in [7, 11) is 0. The maximum absolute atomic E-state index is 12.0. The Labute approximate surface area is 126 Å². The van der Waals surface area contributed by atoms with Gasteiger partial charge in [-0.3, -0.25) is 14.9 Å². The zero-order valence-electron chi connectivity index (χ0n) is 11.6. The molecule has 0 bridgehead atoms. The smallest absolute Gasteiger partial charge is 0.324 e. The van der Waals surface area contributed by atoms with Crippen LogP contribution in [0.2, 0.25) is 0 Å². The van der Waals surface area contributed by atoms with E-state index in [1.165, 1.54) is 4.88 Å². The van der Waals surface area contributed by atoms with Crippen LogP contribution in [0, 0.1) is 0 Å². The van der Waals surface area contributed by atoms with Gasteiger partial charge in [0.1, 0.15) is 0 Å². The Kier molecular flexibility index (Phi) is 5.32. The van der Waals surface area contributed by atoms with E-state index < -0.39 is 5.97 Å². The standard InChI is InChI=1S/C14H18N2O4S/c17-12(3-1-2-4-13(18)19)15-14(20)16-7-5-11-10(9-16)6-8-21-11/h6,8H,1-5,7,9H2,(H,18,19)(H,15,17,20). The SMILES string of the molecule is O=C(O)CCCCC(=O)NC(=O)N1CCc2sccc2C1. The Balaban J connectivity index is 1.72. The molecule has 0 radical (unpaired) electrons. The number of rotatable bonds is 5. The van der Waals surface area contributed by atoms with Gasteiger partial charge < -0.3 is 10.0 Å². The van der Waals surface area contributed by atoms with Crippen molar-refractivity contribution in [3.8, 4) is 0 Å². The molecule has 2 heterocycles. The van der Waals surface area contributed by atoms with Gasteiger partial charge in [0.05, 0.1) is 0 Å². The summed E-state index contributed by atoms with van der Waals surface area (Å²) in [5.74, 6) is -1.21. The molecule has 0 aliphatic carbocycles. The number of hydrogen-bond acceptors (Lipinski definition) is 4. The van der Waals surface area contributed by atoms with Crippen LogP contribution in [-0.2, 0) is 22.6 Å². The molecular formula is C14H18N2O4S. The highest BCUT2D eigenvalue weighted by molar-refractivity contribution is 7.10. The van der Waals surface area contributed by atoms with Crippen LogP contribution < -0.4 is 5.32 Å². The lowest BCUT2D eigenvalue weighted by Crippen LogP contribution is -2.44. The molecule has 1 aromatic rings. The number of thiophene rings is 1. The summed E-state index contributed by atoms with van der Waals surface area (Å²) in [5, 5.41) is 12.9. The van der Waals surface area contributed by atoms with Gasteiger partial charge in [0, 0.05) is 30.8 Å². The lowest BCUT2D eigenvalue weighted by Gasteiger charge is -2.26. The van der Waals surface area contributed by atoms with Crippen LogP contribution >= 0.6 is 11.3 Å². The predicted molar refractivity (Wildman–Crippen MR) is 78.1 cm³/mol. The molecule has 114 valence electrons. The average Bonchev–Trinajstić information content (AvgIpc) is 2.90. The van der Waals surface area contributed by atoms with Gasteiger partial charge in [0.2, 0.25) is 5.91 Å². The number of imide groups is 1. The number of nitrogens with zero attached hydrogens (tertiary/aromatic N) is 1. The van der Waals surface area contributed by atoms with E-state index in [2.05, 4.69) is 5.32 Å². The zero-order chi connectivity index (χ0) is 15.2. The first-order valence-corrected chi connectivity index (χ1v) is 7.80. The largest absolute Gasteiger partial charge is 0.481 e. The van der Waals surface area contributed by atoms with Gasteiger partial charge in [-0.25, -0.2) is 4.79 Å². The zero-order valence-corrected chi connectivity index (χ0v) is 12.4. The molecule has 0 spiro atoms. The fourth-order valence-corrected chi connectivity index (χ4v) is 3.13. The lowest BCUT2D eigenvalue weighted by molar-refractivity contribution is -0.137. The summed E-state index contributed by atoms with van der Waals surface area (Å²) in [6.07, 6.45) is 1.97. The van der Waals surface area contributed by atoms with Gasteiger partial charge in [-0.2, -0.15) is 0 Å². The molecule has 7 heteroatoms. The highest BCUT2D eigenvalue weighted by Gasteiger charge is 2.22. The second-order valence-electron chi connectivity index (χ2n) is 4.99. The van der Waals surface area contributed by atoms with Crippen molar-refractivity contribution >= 4 is 29.2 Å². The van der Waals surface area contributed by atoms with Gasteiger partial charge in [-0.05, 0) is 36.3 Å². The van der Waals surface area contributed by atoms with Crippen LogP contribution in [-0.4, -0.2) is 34.5 Å². The third kappa shape index (κ3) is 4.56. The molecule has 3 amide bonds. The number of aliphatic carboxylic acids is 1. The second kappa shape index (κ2) is 7.21. The molecule has 1 aromatic heterocycles. The number of amides is 3. The predicted octanol–water partition coefficient (Wildman–Crippen LogP) is 1.99. The first-order valence-electron chi connectivity index (χ1n) is 6.92. The average molecular weight is 310 g/mol. The fourth-order valence-electron chi connectivity index (χ4n) is 2.24. The molecule has 0 fully saturated rings. The molecule has 21 heavy (non-hydrogen) atoms. The highest BCUT2D eigenvalue weighted by atomic mass is 32.1. The number of hydrogen-bond donors (Lipinski definition) is 2. The summed E-state index contributed by atoms with van der Waals surface area (Å²) in [5.41, 5.74) is 1.15. The van der Waals surface area contributed by atoms with Crippen molar-refractivity contribution in [3.63, 3.8) is 0 Å². The fraction of sp³-hybridized carbons (Fsp3) is 0.500. The highest BCUT2D eigenvalue weighted by Crippen LogP contribution is 2.23. The summed E-state index contributed by atoms with van der Waals surface area (Å²) in [6, 6.07) is 1.64. The van der Waals surface area contributed by atoms with E-state index in [4.69, 9.17) is 5.11 Å². The van der Waals surface area contributed by atoms with E-state index in [9.17, 15) is 14.4 Å². The van der Waals surface area contributed by atoms with Crippen molar-refractivity contribution < 1.29 is 19.5 Å². The maximum atomic E-state index is 12.0. The number of carbonyl (C=O) groups excluding carboxylic acids is 2. The number of urea groups is 1. The van der Waals surface area contributed by atoms with Gasteiger partial charge in [-0.15, -0.1) is 11.3 Å². The van der Waals surface area contributed by atoms with Crippen LogP contribution in [0.4, 0.5) is 4.79 Å². The maximum Gasteiger partial charge on any atom is 0.324 e. The lowest BCUT2D eigenvalue weighted by atomic mass is 10.1. The first-order chi connectivity index (χ1) is 10.1. The quantitative estimate of drug-likeness (QED) is 0.814.